The Balaban J connectivity index is 2.16. The molecule has 1 saturated heterocycles. The molecular formula is C15H19N3O. The number of carbonyl (C=O) groups excluding carboxylic acids is 1. The van der Waals surface area contributed by atoms with E-state index in [1.165, 1.54) is 0 Å². The normalized spacial score (nSPS) is 22.6. The van der Waals surface area contributed by atoms with Gasteiger partial charge in [0.2, 0.25) is 5.91 Å². The van der Waals surface area contributed by atoms with Crippen LogP contribution in [0.1, 0.15) is 30.9 Å². The van der Waals surface area contributed by atoms with Gasteiger partial charge in [-0.3, -0.25) is 4.79 Å². The van der Waals surface area contributed by atoms with E-state index in [0.717, 1.165) is 30.6 Å². The predicted octanol–water partition coefficient (Wildman–Crippen LogP) is 2.19. The maximum Gasteiger partial charge on any atom is 0.231 e. The predicted molar refractivity (Wildman–Crippen MR) is 74.7 cm³/mol. The first kappa shape index (κ1) is 13.6. The first-order valence-electron chi connectivity index (χ1n) is 6.58. The molecule has 1 aliphatic heterocycles. The summed E-state index contributed by atoms with van der Waals surface area (Å²) in [7, 11) is 0. The minimum absolute atomic E-state index is 0.0258. The van der Waals surface area contributed by atoms with Crippen molar-refractivity contribution in [3.05, 3.63) is 29.3 Å². The van der Waals surface area contributed by atoms with Crippen LogP contribution in [0.3, 0.4) is 0 Å². The molecule has 4 nitrogen and oxygen atoms in total. The van der Waals surface area contributed by atoms with Gasteiger partial charge in [-0.2, -0.15) is 5.26 Å². The second-order valence-corrected chi connectivity index (χ2v) is 5.44. The molecule has 0 bridgehead atoms. The molecule has 1 fully saturated rings. The molecule has 2 rings (SSSR count). The standard InChI is InChI=1S/C15H19N3O/c1-11-4-5-12(9-16)8-13(11)18-14(19)15(2)6-3-7-17-10-15/h4-5,8,17H,3,6-7,10H2,1-2H3,(H,18,19). The van der Waals surface area contributed by atoms with Gasteiger partial charge in [0.1, 0.15) is 0 Å². The van der Waals surface area contributed by atoms with Crippen LogP contribution in [0.15, 0.2) is 18.2 Å². The third-order valence-electron chi connectivity index (χ3n) is 3.76. The molecule has 1 amide bonds. The van der Waals surface area contributed by atoms with Gasteiger partial charge in [-0.15, -0.1) is 0 Å². The fourth-order valence-electron chi connectivity index (χ4n) is 2.35. The van der Waals surface area contributed by atoms with Crippen LogP contribution in [0.2, 0.25) is 0 Å². The number of hydrogen-bond acceptors (Lipinski definition) is 3. The Kier molecular flexibility index (Phi) is 3.87. The third kappa shape index (κ3) is 2.94. The van der Waals surface area contributed by atoms with Crippen LogP contribution in [0, 0.1) is 23.7 Å². The summed E-state index contributed by atoms with van der Waals surface area (Å²) in [5.41, 5.74) is 1.90. The Morgan fingerprint density at radius 1 is 1.53 bits per heavy atom. The molecule has 0 saturated carbocycles. The first-order valence-corrected chi connectivity index (χ1v) is 6.58. The zero-order chi connectivity index (χ0) is 13.9. The number of amides is 1. The fourth-order valence-corrected chi connectivity index (χ4v) is 2.35. The second kappa shape index (κ2) is 5.41. The molecule has 0 aliphatic carbocycles. The Morgan fingerprint density at radius 3 is 2.95 bits per heavy atom. The van der Waals surface area contributed by atoms with E-state index in [-0.39, 0.29) is 11.3 Å². The lowest BCUT2D eigenvalue weighted by Gasteiger charge is -2.32. The molecule has 100 valence electrons. The highest BCUT2D eigenvalue weighted by Gasteiger charge is 2.34. The number of benzene rings is 1. The maximum atomic E-state index is 12.4. The third-order valence-corrected chi connectivity index (χ3v) is 3.76. The molecule has 1 aromatic rings. The van der Waals surface area contributed by atoms with Crippen molar-refractivity contribution >= 4 is 11.6 Å². The van der Waals surface area contributed by atoms with E-state index >= 15 is 0 Å². The highest BCUT2D eigenvalue weighted by Crippen LogP contribution is 2.28. The average Bonchev–Trinajstić information content (AvgIpc) is 2.42. The van der Waals surface area contributed by atoms with E-state index in [9.17, 15) is 4.79 Å². The van der Waals surface area contributed by atoms with Gasteiger partial charge >= 0.3 is 0 Å². The zero-order valence-corrected chi connectivity index (χ0v) is 11.4. The monoisotopic (exact) mass is 257 g/mol. The van der Waals surface area contributed by atoms with E-state index in [4.69, 9.17) is 5.26 Å². The largest absolute Gasteiger partial charge is 0.325 e. The molecule has 1 aromatic carbocycles. The summed E-state index contributed by atoms with van der Waals surface area (Å²) in [6.45, 7) is 5.60. The number of carbonyl (C=O) groups is 1. The highest BCUT2D eigenvalue weighted by atomic mass is 16.2. The van der Waals surface area contributed by atoms with E-state index in [1.54, 1.807) is 12.1 Å². The molecule has 0 spiro atoms. The number of rotatable bonds is 2. The topological polar surface area (TPSA) is 64.9 Å². The Hall–Kier alpha value is -1.86. The van der Waals surface area contributed by atoms with Crippen molar-refractivity contribution in [3.8, 4) is 6.07 Å². The molecule has 1 heterocycles. The van der Waals surface area contributed by atoms with Gasteiger partial charge in [-0.05, 0) is 50.9 Å². The van der Waals surface area contributed by atoms with Crippen molar-refractivity contribution in [3.63, 3.8) is 0 Å². The summed E-state index contributed by atoms with van der Waals surface area (Å²) < 4.78 is 0. The molecular weight excluding hydrogens is 238 g/mol. The van der Waals surface area contributed by atoms with Gasteiger partial charge in [-0.1, -0.05) is 6.07 Å². The molecule has 1 atom stereocenters. The van der Waals surface area contributed by atoms with Gasteiger partial charge in [0.05, 0.1) is 17.0 Å². The SMILES string of the molecule is Cc1ccc(C#N)cc1NC(=O)C1(C)CCCNC1. The molecule has 19 heavy (non-hydrogen) atoms. The van der Waals surface area contributed by atoms with Crippen LogP contribution in [0.25, 0.3) is 0 Å². The minimum Gasteiger partial charge on any atom is -0.325 e. The number of aryl methyl sites for hydroxylation is 1. The van der Waals surface area contributed by atoms with Gasteiger partial charge in [-0.25, -0.2) is 0 Å². The van der Waals surface area contributed by atoms with Crippen LogP contribution < -0.4 is 10.6 Å². The Morgan fingerprint density at radius 2 is 2.32 bits per heavy atom. The lowest BCUT2D eigenvalue weighted by molar-refractivity contribution is -0.125. The molecule has 0 radical (unpaired) electrons. The van der Waals surface area contributed by atoms with Crippen LogP contribution in [-0.2, 0) is 4.79 Å². The first-order chi connectivity index (χ1) is 9.05. The lowest BCUT2D eigenvalue weighted by Crippen LogP contribution is -2.46. The van der Waals surface area contributed by atoms with Crippen LogP contribution in [0.5, 0.6) is 0 Å². The van der Waals surface area contributed by atoms with Gasteiger partial charge in [0, 0.05) is 12.2 Å². The zero-order valence-electron chi connectivity index (χ0n) is 11.4. The van der Waals surface area contributed by atoms with Crippen molar-refractivity contribution in [1.29, 1.82) is 5.26 Å². The number of hydrogen-bond donors (Lipinski definition) is 2. The Bertz CT molecular complexity index is 525. The average molecular weight is 257 g/mol. The summed E-state index contributed by atoms with van der Waals surface area (Å²) in [5, 5.41) is 15.1. The van der Waals surface area contributed by atoms with E-state index in [2.05, 4.69) is 16.7 Å². The van der Waals surface area contributed by atoms with Crippen molar-refractivity contribution in [1.82, 2.24) is 5.32 Å². The number of anilines is 1. The van der Waals surface area contributed by atoms with E-state index < -0.39 is 0 Å². The van der Waals surface area contributed by atoms with Crippen LogP contribution in [0.4, 0.5) is 5.69 Å². The smallest absolute Gasteiger partial charge is 0.231 e. The molecule has 0 aromatic heterocycles. The van der Waals surface area contributed by atoms with Crippen molar-refractivity contribution < 1.29 is 4.79 Å². The molecule has 1 aliphatic rings. The summed E-state index contributed by atoms with van der Waals surface area (Å²) in [6.07, 6.45) is 1.91. The maximum absolute atomic E-state index is 12.4. The molecule has 2 N–H and O–H groups in total. The molecule has 4 heteroatoms. The molecule has 1 unspecified atom stereocenters. The van der Waals surface area contributed by atoms with Crippen molar-refractivity contribution in [2.24, 2.45) is 5.41 Å². The summed E-state index contributed by atoms with van der Waals surface area (Å²) in [6, 6.07) is 7.44. The van der Waals surface area contributed by atoms with Crippen LogP contribution in [-0.4, -0.2) is 19.0 Å². The van der Waals surface area contributed by atoms with Gasteiger partial charge < -0.3 is 10.6 Å². The highest BCUT2D eigenvalue weighted by molar-refractivity contribution is 5.96. The van der Waals surface area contributed by atoms with Crippen molar-refractivity contribution in [2.45, 2.75) is 26.7 Å². The van der Waals surface area contributed by atoms with Crippen molar-refractivity contribution in [2.75, 3.05) is 18.4 Å². The number of nitrogens with one attached hydrogen (secondary N) is 2. The summed E-state index contributed by atoms with van der Waals surface area (Å²) >= 11 is 0. The van der Waals surface area contributed by atoms with Gasteiger partial charge in [0.25, 0.3) is 0 Å². The quantitative estimate of drug-likeness (QED) is 0.853. The van der Waals surface area contributed by atoms with E-state index in [1.807, 2.05) is 19.9 Å². The number of nitrogens with zero attached hydrogens (tertiary/aromatic N) is 1. The number of piperidine rings is 1. The number of nitriles is 1. The van der Waals surface area contributed by atoms with Gasteiger partial charge in [0.15, 0.2) is 0 Å². The van der Waals surface area contributed by atoms with Crippen LogP contribution >= 0.6 is 0 Å². The Labute approximate surface area is 113 Å². The second-order valence-electron chi connectivity index (χ2n) is 5.44. The fraction of sp³-hybridized carbons (Fsp3) is 0.467. The summed E-state index contributed by atoms with van der Waals surface area (Å²) in [5.74, 6) is 0.0258. The minimum atomic E-state index is -0.368. The lowest BCUT2D eigenvalue weighted by atomic mass is 9.82. The van der Waals surface area contributed by atoms with E-state index in [0.29, 0.717) is 12.1 Å². The summed E-state index contributed by atoms with van der Waals surface area (Å²) in [4.78, 5) is 12.4.